The van der Waals surface area contributed by atoms with E-state index in [2.05, 4.69) is 64.7 Å². The van der Waals surface area contributed by atoms with Crippen molar-refractivity contribution in [1.29, 1.82) is 0 Å². The molecule has 1 aromatic rings. The topological polar surface area (TPSA) is 22.1 Å². The van der Waals surface area contributed by atoms with Crippen LogP contribution < -0.4 is 0 Å². The summed E-state index contributed by atoms with van der Waals surface area (Å²) >= 11 is 0. The maximum absolute atomic E-state index is 7.01. The lowest BCUT2D eigenvalue weighted by Gasteiger charge is -2.44. The highest BCUT2D eigenvalue weighted by atomic mass is 35.5. The first-order valence-corrected chi connectivity index (χ1v) is 10.8. The molecule has 2 rings (SSSR count). The van der Waals surface area contributed by atoms with Crippen LogP contribution in [0.2, 0.25) is 16.6 Å². The monoisotopic (exact) mass is 353 g/mol. The van der Waals surface area contributed by atoms with Crippen molar-refractivity contribution in [3.05, 3.63) is 35.7 Å². The molecule has 1 aliphatic rings. The Morgan fingerprint density at radius 2 is 1.70 bits per heavy atom. The highest BCUT2D eigenvalue weighted by Crippen LogP contribution is 2.46. The van der Waals surface area contributed by atoms with E-state index in [-0.39, 0.29) is 18.5 Å². The van der Waals surface area contributed by atoms with Crippen LogP contribution in [0, 0.1) is 0 Å². The summed E-state index contributed by atoms with van der Waals surface area (Å²) in [5.74, 6) is 0. The Morgan fingerprint density at radius 1 is 1.09 bits per heavy atom. The summed E-state index contributed by atoms with van der Waals surface area (Å²) in [6, 6.07) is 4.17. The van der Waals surface area contributed by atoms with Crippen molar-refractivity contribution in [2.45, 2.75) is 77.1 Å². The van der Waals surface area contributed by atoms with E-state index in [0.717, 1.165) is 18.5 Å². The number of fused-ring (bicyclic) bond motifs is 1. The lowest BCUT2D eigenvalue weighted by atomic mass is 10.1. The lowest BCUT2D eigenvalue weighted by Crippen LogP contribution is -2.48. The fourth-order valence-electron chi connectivity index (χ4n) is 4.20. The lowest BCUT2D eigenvalue weighted by molar-refractivity contribution is 0.163. The summed E-state index contributed by atoms with van der Waals surface area (Å²) in [5.41, 5.74) is 4.18. The number of aromatic nitrogens is 1. The zero-order valence-electron chi connectivity index (χ0n) is 15.4. The number of halogens is 1. The van der Waals surface area contributed by atoms with Crippen LogP contribution in [0.15, 0.2) is 24.4 Å². The summed E-state index contributed by atoms with van der Waals surface area (Å²) in [7, 11) is -1.87. The average molecular weight is 354 g/mol. The first-order chi connectivity index (χ1) is 10.4. The minimum absolute atomic E-state index is 0. The maximum Gasteiger partial charge on any atom is 0.201 e. The Bertz CT molecular complexity index is 506. The van der Waals surface area contributed by atoms with Crippen molar-refractivity contribution < 1.29 is 4.43 Å². The Balaban J connectivity index is 0.00000264. The highest BCUT2D eigenvalue weighted by molar-refractivity contribution is 6.77. The van der Waals surface area contributed by atoms with Gasteiger partial charge in [-0.25, -0.2) is 0 Å². The van der Waals surface area contributed by atoms with Gasteiger partial charge in [0.1, 0.15) is 0 Å². The van der Waals surface area contributed by atoms with Gasteiger partial charge < -0.3 is 4.43 Å². The Hall–Kier alpha value is -0.643. The fraction of sp³-hybridized carbons (Fsp3) is 0.632. The molecule has 130 valence electrons. The molecule has 0 spiro atoms. The van der Waals surface area contributed by atoms with Crippen LogP contribution in [0.25, 0.3) is 6.08 Å². The van der Waals surface area contributed by atoms with E-state index in [4.69, 9.17) is 4.43 Å². The number of hydrogen-bond acceptors (Lipinski definition) is 2. The highest BCUT2D eigenvalue weighted by Gasteiger charge is 2.47. The summed E-state index contributed by atoms with van der Waals surface area (Å²) in [4.78, 5) is 4.67. The zero-order valence-corrected chi connectivity index (χ0v) is 17.2. The molecule has 2 nitrogen and oxygen atoms in total. The van der Waals surface area contributed by atoms with Gasteiger partial charge in [0, 0.05) is 6.20 Å². The van der Waals surface area contributed by atoms with Gasteiger partial charge >= 0.3 is 0 Å². The molecule has 0 saturated carbocycles. The smallest absolute Gasteiger partial charge is 0.201 e. The van der Waals surface area contributed by atoms with E-state index >= 15 is 0 Å². The second-order valence-corrected chi connectivity index (χ2v) is 12.8. The summed E-state index contributed by atoms with van der Waals surface area (Å²) in [5, 5.41) is 0. The number of nitrogens with zero attached hydrogens (tertiary/aromatic N) is 1. The van der Waals surface area contributed by atoms with Gasteiger partial charge in [-0.1, -0.05) is 59.8 Å². The van der Waals surface area contributed by atoms with Crippen molar-refractivity contribution in [3.8, 4) is 0 Å². The van der Waals surface area contributed by atoms with Gasteiger partial charge in [0.05, 0.1) is 11.8 Å². The predicted molar refractivity (Wildman–Crippen MR) is 105 cm³/mol. The van der Waals surface area contributed by atoms with E-state index in [9.17, 15) is 0 Å². The van der Waals surface area contributed by atoms with Crippen LogP contribution in [-0.4, -0.2) is 13.3 Å². The Kier molecular flexibility index (Phi) is 7.50. The van der Waals surface area contributed by atoms with Crippen LogP contribution >= 0.6 is 12.4 Å². The molecule has 0 amide bonds. The van der Waals surface area contributed by atoms with E-state index in [1.54, 1.807) is 0 Å². The molecule has 1 aliphatic carbocycles. The minimum Gasteiger partial charge on any atom is -0.408 e. The molecule has 1 unspecified atom stereocenters. The van der Waals surface area contributed by atoms with E-state index in [0.29, 0.717) is 16.6 Å². The molecule has 1 aromatic heterocycles. The molecule has 1 heterocycles. The Labute approximate surface area is 149 Å². The van der Waals surface area contributed by atoms with Crippen molar-refractivity contribution in [2.75, 3.05) is 0 Å². The van der Waals surface area contributed by atoms with Gasteiger partial charge in [0.15, 0.2) is 0 Å². The molecule has 0 bridgehead atoms. The number of rotatable bonds is 5. The molecule has 23 heavy (non-hydrogen) atoms. The van der Waals surface area contributed by atoms with Crippen LogP contribution in [-0.2, 0) is 4.43 Å². The second-order valence-electron chi connectivity index (χ2n) is 7.38. The molecule has 0 saturated heterocycles. The molecule has 0 radical (unpaired) electrons. The fourth-order valence-corrected chi connectivity index (χ4v) is 9.74. The maximum atomic E-state index is 7.01. The van der Waals surface area contributed by atoms with Crippen LogP contribution in [0.4, 0.5) is 0 Å². The normalized spacial score (nSPS) is 18.0. The number of pyridine rings is 1. The molecule has 0 aromatic carbocycles. The molecule has 4 heteroatoms. The van der Waals surface area contributed by atoms with Crippen molar-refractivity contribution in [1.82, 2.24) is 4.98 Å². The molecule has 0 aliphatic heterocycles. The van der Waals surface area contributed by atoms with Crippen molar-refractivity contribution in [3.63, 3.8) is 0 Å². The average Bonchev–Trinajstić information content (AvgIpc) is 2.65. The minimum atomic E-state index is -1.87. The molecule has 0 N–H and O–H groups in total. The van der Waals surface area contributed by atoms with Crippen molar-refractivity contribution >= 4 is 26.8 Å². The number of allylic oxidation sites excluding steroid dienone is 1. The van der Waals surface area contributed by atoms with Gasteiger partial charge in [0.25, 0.3) is 0 Å². The van der Waals surface area contributed by atoms with E-state index in [1.807, 2.05) is 12.3 Å². The Morgan fingerprint density at radius 3 is 2.26 bits per heavy atom. The third-order valence-electron chi connectivity index (χ3n) is 5.12. The summed E-state index contributed by atoms with van der Waals surface area (Å²) in [6.45, 7) is 14.1. The first-order valence-electron chi connectivity index (χ1n) is 8.68. The molecule has 0 fully saturated rings. The molecular formula is C19H32ClNOSi. The van der Waals surface area contributed by atoms with Crippen LogP contribution in [0.3, 0.4) is 0 Å². The zero-order chi connectivity index (χ0) is 16.3. The van der Waals surface area contributed by atoms with Crippen LogP contribution in [0.5, 0.6) is 0 Å². The molecule has 1 atom stereocenters. The van der Waals surface area contributed by atoms with Gasteiger partial charge in [-0.05, 0) is 41.1 Å². The van der Waals surface area contributed by atoms with E-state index in [1.165, 1.54) is 5.56 Å². The second kappa shape index (κ2) is 8.45. The standard InChI is InChI=1S/C19H31NOSi.ClH/c1-14(2)22(15(3)4,16(5)6)21-18-12-8-7-10-17-11-9-13-20-19(17)18;/h7,9-11,13-16,18H,8,12H2,1-6H3;1H. The summed E-state index contributed by atoms with van der Waals surface area (Å²) in [6.07, 6.45) is 8.62. The van der Waals surface area contributed by atoms with Gasteiger partial charge in [-0.3, -0.25) is 4.98 Å². The third-order valence-corrected chi connectivity index (χ3v) is 11.2. The summed E-state index contributed by atoms with van der Waals surface area (Å²) < 4.78 is 7.01. The van der Waals surface area contributed by atoms with Crippen LogP contribution in [0.1, 0.15) is 71.7 Å². The first kappa shape index (κ1) is 20.4. The van der Waals surface area contributed by atoms with Gasteiger partial charge in [-0.2, -0.15) is 0 Å². The van der Waals surface area contributed by atoms with E-state index < -0.39 is 8.32 Å². The van der Waals surface area contributed by atoms with Crippen molar-refractivity contribution in [2.24, 2.45) is 0 Å². The third kappa shape index (κ3) is 4.07. The quantitative estimate of drug-likeness (QED) is 0.560. The predicted octanol–water partition coefficient (Wildman–Crippen LogP) is 6.54. The molecular weight excluding hydrogens is 322 g/mol. The number of hydrogen-bond donors (Lipinski definition) is 0. The largest absolute Gasteiger partial charge is 0.408 e. The van der Waals surface area contributed by atoms with Gasteiger partial charge in [0.2, 0.25) is 8.32 Å². The van der Waals surface area contributed by atoms with Gasteiger partial charge in [-0.15, -0.1) is 12.4 Å². The SMILES string of the molecule is CC(C)[Si](OC1CCC=Cc2cccnc21)(C(C)C)C(C)C.Cl.